The van der Waals surface area contributed by atoms with Crippen LogP contribution in [0.3, 0.4) is 0 Å². The molecule has 144 valence electrons. The number of benzene rings is 3. The third kappa shape index (κ3) is 3.24. The Hall–Kier alpha value is -1.88. The van der Waals surface area contributed by atoms with Crippen LogP contribution < -0.4 is 0 Å². The summed E-state index contributed by atoms with van der Waals surface area (Å²) in [5.41, 5.74) is 5.82. The zero-order valence-corrected chi connectivity index (χ0v) is 18.9. The highest BCUT2D eigenvalue weighted by Gasteiger charge is 2.37. The first-order valence-electron chi connectivity index (χ1n) is 9.70. The molecule has 0 heterocycles. The van der Waals surface area contributed by atoms with E-state index in [1.54, 1.807) is 12.1 Å². The minimum Gasteiger partial charge on any atom is -0.478 e. The lowest BCUT2D eigenvalue weighted by Gasteiger charge is -2.42. The van der Waals surface area contributed by atoms with Crippen LogP contribution in [0.15, 0.2) is 48.5 Å². The van der Waals surface area contributed by atoms with Crippen molar-refractivity contribution < 1.29 is 9.90 Å². The molecule has 0 fully saturated rings. The van der Waals surface area contributed by atoms with Gasteiger partial charge in [-0.05, 0) is 110 Å². The van der Waals surface area contributed by atoms with E-state index >= 15 is 0 Å². The first-order valence-corrected chi connectivity index (χ1v) is 10.8. The zero-order chi connectivity index (χ0) is 20.3. The van der Waals surface area contributed by atoms with Crippen molar-refractivity contribution in [1.29, 1.82) is 0 Å². The van der Waals surface area contributed by atoms with Crippen molar-refractivity contribution in [3.8, 4) is 11.1 Å². The topological polar surface area (TPSA) is 37.3 Å². The molecule has 0 unspecified atom stereocenters. The summed E-state index contributed by atoms with van der Waals surface area (Å²) in [6.07, 6.45) is 2.41. The Bertz CT molecular complexity index is 1090. The number of carbonyl (C=O) groups is 1. The van der Waals surface area contributed by atoms with Crippen LogP contribution in [0.5, 0.6) is 0 Å². The van der Waals surface area contributed by atoms with E-state index in [1.807, 2.05) is 12.1 Å². The number of halogens is 1. The average molecular weight is 484 g/mol. The van der Waals surface area contributed by atoms with Crippen molar-refractivity contribution in [2.24, 2.45) is 0 Å². The number of rotatable bonds is 2. The Kier molecular flexibility index (Phi) is 4.57. The molecule has 0 aromatic heterocycles. The summed E-state index contributed by atoms with van der Waals surface area (Å²) in [5, 5.41) is 11.7. The Balaban J connectivity index is 1.90. The van der Waals surface area contributed by atoms with Crippen LogP contribution in [-0.2, 0) is 10.8 Å². The first-order chi connectivity index (χ1) is 13.1. The molecule has 4 rings (SSSR count). The summed E-state index contributed by atoms with van der Waals surface area (Å²) in [6.45, 7) is 9.43. The van der Waals surface area contributed by atoms with Gasteiger partial charge >= 0.3 is 5.97 Å². The molecule has 0 amide bonds. The third-order valence-corrected chi connectivity index (χ3v) is 7.23. The monoisotopic (exact) mass is 484 g/mol. The highest BCUT2D eigenvalue weighted by molar-refractivity contribution is 14.1. The van der Waals surface area contributed by atoms with Gasteiger partial charge in [-0.1, -0.05) is 45.9 Å². The van der Waals surface area contributed by atoms with Crippen molar-refractivity contribution in [1.82, 2.24) is 0 Å². The molecule has 0 saturated heterocycles. The van der Waals surface area contributed by atoms with Gasteiger partial charge in [0, 0.05) is 3.57 Å². The maximum atomic E-state index is 11.1. The largest absolute Gasteiger partial charge is 0.478 e. The van der Waals surface area contributed by atoms with Crippen LogP contribution in [0.25, 0.3) is 21.9 Å². The maximum absolute atomic E-state index is 11.1. The summed E-state index contributed by atoms with van der Waals surface area (Å²) >= 11 is 2.43. The standard InChI is InChI=1S/C25H25IO2/c1-24(2)9-10-25(3,4)21-14-19-18(12-20(21)24)11-17(13-22(19)26)15-5-7-16(8-6-15)23(27)28/h5-8,11-14H,9-10H2,1-4H3,(H,27,28). The van der Waals surface area contributed by atoms with Gasteiger partial charge in [-0.3, -0.25) is 0 Å². The predicted octanol–water partition coefficient (Wildman–Crippen LogP) is 7.16. The number of fused-ring (bicyclic) bond motifs is 2. The van der Waals surface area contributed by atoms with Gasteiger partial charge in [-0.25, -0.2) is 4.79 Å². The van der Waals surface area contributed by atoms with E-state index in [1.165, 1.54) is 38.3 Å². The lowest BCUT2D eigenvalue weighted by molar-refractivity contribution is 0.0697. The lowest BCUT2D eigenvalue weighted by atomic mass is 9.63. The van der Waals surface area contributed by atoms with Crippen LogP contribution in [0.1, 0.15) is 62.0 Å². The second-order valence-corrected chi connectivity index (χ2v) is 10.4. The Morgan fingerprint density at radius 2 is 1.43 bits per heavy atom. The summed E-state index contributed by atoms with van der Waals surface area (Å²) in [6, 6.07) is 16.4. The second kappa shape index (κ2) is 6.58. The van der Waals surface area contributed by atoms with E-state index in [-0.39, 0.29) is 10.8 Å². The number of hydrogen-bond donors (Lipinski definition) is 1. The van der Waals surface area contributed by atoms with E-state index < -0.39 is 5.97 Å². The Morgan fingerprint density at radius 3 is 2.00 bits per heavy atom. The smallest absolute Gasteiger partial charge is 0.335 e. The van der Waals surface area contributed by atoms with E-state index in [0.29, 0.717) is 5.56 Å². The van der Waals surface area contributed by atoms with Gasteiger partial charge in [-0.15, -0.1) is 0 Å². The maximum Gasteiger partial charge on any atom is 0.335 e. The van der Waals surface area contributed by atoms with Gasteiger partial charge in [0.25, 0.3) is 0 Å². The molecule has 1 aliphatic rings. The summed E-state index contributed by atoms with van der Waals surface area (Å²) in [4.78, 5) is 11.1. The summed E-state index contributed by atoms with van der Waals surface area (Å²) in [5.74, 6) is -0.892. The van der Waals surface area contributed by atoms with E-state index in [4.69, 9.17) is 5.11 Å². The number of carboxylic acids is 1. The highest BCUT2D eigenvalue weighted by Crippen LogP contribution is 2.47. The number of hydrogen-bond acceptors (Lipinski definition) is 1. The second-order valence-electron chi connectivity index (χ2n) is 9.23. The minimum absolute atomic E-state index is 0.184. The fourth-order valence-corrected chi connectivity index (χ4v) is 5.15. The van der Waals surface area contributed by atoms with E-state index in [0.717, 1.165) is 11.1 Å². The fourth-order valence-electron chi connectivity index (χ4n) is 4.35. The lowest BCUT2D eigenvalue weighted by Crippen LogP contribution is -2.33. The molecule has 1 aliphatic carbocycles. The van der Waals surface area contributed by atoms with Crippen LogP contribution in [0, 0.1) is 3.57 Å². The highest BCUT2D eigenvalue weighted by atomic mass is 127. The van der Waals surface area contributed by atoms with Crippen molar-refractivity contribution in [2.75, 3.05) is 0 Å². The van der Waals surface area contributed by atoms with Gasteiger partial charge in [0.05, 0.1) is 5.56 Å². The van der Waals surface area contributed by atoms with Gasteiger partial charge in [0.2, 0.25) is 0 Å². The number of aromatic carboxylic acids is 1. The van der Waals surface area contributed by atoms with Gasteiger partial charge in [0.1, 0.15) is 0 Å². The minimum atomic E-state index is -0.892. The normalized spacial score (nSPS) is 17.3. The summed E-state index contributed by atoms with van der Waals surface area (Å²) < 4.78 is 1.23. The average Bonchev–Trinajstić information content (AvgIpc) is 2.65. The van der Waals surface area contributed by atoms with Crippen LogP contribution in [-0.4, -0.2) is 11.1 Å². The predicted molar refractivity (Wildman–Crippen MR) is 124 cm³/mol. The first kappa shape index (κ1) is 19.4. The van der Waals surface area contributed by atoms with Gasteiger partial charge < -0.3 is 5.11 Å². The molecule has 0 atom stereocenters. The number of carboxylic acid groups (broad SMARTS) is 1. The molecule has 28 heavy (non-hydrogen) atoms. The molecular weight excluding hydrogens is 459 g/mol. The molecule has 1 N–H and O–H groups in total. The molecule has 3 aromatic rings. The van der Waals surface area contributed by atoms with E-state index in [2.05, 4.69) is 74.6 Å². The molecule has 3 heteroatoms. The molecule has 0 radical (unpaired) electrons. The molecule has 3 aromatic carbocycles. The van der Waals surface area contributed by atoms with E-state index in [9.17, 15) is 4.79 Å². The van der Waals surface area contributed by atoms with Gasteiger partial charge in [0.15, 0.2) is 0 Å². The molecule has 0 spiro atoms. The van der Waals surface area contributed by atoms with Crippen LogP contribution in [0.4, 0.5) is 0 Å². The van der Waals surface area contributed by atoms with Crippen molar-refractivity contribution in [3.63, 3.8) is 0 Å². The molecule has 2 nitrogen and oxygen atoms in total. The molecule has 0 saturated carbocycles. The van der Waals surface area contributed by atoms with Gasteiger partial charge in [-0.2, -0.15) is 0 Å². The Labute approximate surface area is 180 Å². The van der Waals surface area contributed by atoms with Crippen LogP contribution >= 0.6 is 22.6 Å². The summed E-state index contributed by atoms with van der Waals surface area (Å²) in [7, 11) is 0. The quantitative estimate of drug-likeness (QED) is 0.392. The SMILES string of the molecule is CC1(C)CCC(C)(C)c2cc3c(I)cc(-c4ccc(C(=O)O)cc4)cc3cc21. The third-order valence-electron chi connectivity index (χ3n) is 6.34. The molecule has 0 aliphatic heterocycles. The van der Waals surface area contributed by atoms with Crippen molar-refractivity contribution >= 4 is 39.3 Å². The Morgan fingerprint density at radius 1 is 0.857 bits per heavy atom. The van der Waals surface area contributed by atoms with Crippen molar-refractivity contribution in [3.05, 3.63) is 68.8 Å². The van der Waals surface area contributed by atoms with Crippen LogP contribution in [0.2, 0.25) is 0 Å². The molecule has 0 bridgehead atoms. The zero-order valence-electron chi connectivity index (χ0n) is 16.8. The van der Waals surface area contributed by atoms with Crippen molar-refractivity contribution in [2.45, 2.75) is 51.4 Å². The molecular formula is C25H25IO2. The fraction of sp³-hybridized carbons (Fsp3) is 0.320.